The summed E-state index contributed by atoms with van der Waals surface area (Å²) in [5.41, 5.74) is 3.27. The van der Waals surface area contributed by atoms with Gasteiger partial charge in [-0.2, -0.15) is 0 Å². The van der Waals surface area contributed by atoms with E-state index in [4.69, 9.17) is 4.74 Å². The molecule has 0 unspecified atom stereocenters. The van der Waals surface area contributed by atoms with Crippen molar-refractivity contribution in [3.63, 3.8) is 0 Å². The van der Waals surface area contributed by atoms with E-state index < -0.39 is 10.0 Å². The molecule has 0 saturated carbocycles. The number of methoxy groups -OCH3 is 1. The molecule has 7 heteroatoms. The molecule has 0 aliphatic rings. The molecule has 0 fully saturated rings. The molecule has 0 atom stereocenters. The van der Waals surface area contributed by atoms with Crippen molar-refractivity contribution in [1.82, 2.24) is 8.96 Å². The van der Waals surface area contributed by atoms with Gasteiger partial charge < -0.3 is 4.74 Å². The summed E-state index contributed by atoms with van der Waals surface area (Å²) in [4.78, 5) is 4.31. The first-order chi connectivity index (χ1) is 10.8. The van der Waals surface area contributed by atoms with Gasteiger partial charge in [0.15, 0.2) is 0 Å². The van der Waals surface area contributed by atoms with Gasteiger partial charge in [0, 0.05) is 4.47 Å². The zero-order valence-electron chi connectivity index (χ0n) is 12.9. The van der Waals surface area contributed by atoms with Crippen LogP contribution >= 0.6 is 15.9 Å². The number of hydrogen-bond acceptors (Lipinski definition) is 4. The van der Waals surface area contributed by atoms with Crippen LogP contribution in [0.5, 0.6) is 5.75 Å². The molecule has 120 valence electrons. The van der Waals surface area contributed by atoms with E-state index in [0.717, 1.165) is 11.1 Å². The molecule has 23 heavy (non-hydrogen) atoms. The SMILES string of the molecule is COc1ccc(Br)cc1S(=O)(=O)n1cnc2cc(C)c(C)cc21. The van der Waals surface area contributed by atoms with Crippen LogP contribution in [0.2, 0.25) is 0 Å². The van der Waals surface area contributed by atoms with Gasteiger partial charge in [-0.15, -0.1) is 0 Å². The quantitative estimate of drug-likeness (QED) is 0.679. The molecular formula is C16H15BrN2O3S. The molecule has 0 bridgehead atoms. The first-order valence-electron chi connectivity index (χ1n) is 6.88. The lowest BCUT2D eigenvalue weighted by atomic mass is 10.1. The number of hydrogen-bond donors (Lipinski definition) is 0. The Bertz CT molecular complexity index is 1010. The molecule has 0 spiro atoms. The number of nitrogens with zero attached hydrogens (tertiary/aromatic N) is 2. The van der Waals surface area contributed by atoms with Crippen molar-refractivity contribution in [2.24, 2.45) is 0 Å². The second-order valence-electron chi connectivity index (χ2n) is 5.27. The molecular weight excluding hydrogens is 380 g/mol. The van der Waals surface area contributed by atoms with E-state index in [2.05, 4.69) is 20.9 Å². The van der Waals surface area contributed by atoms with Crippen molar-refractivity contribution >= 4 is 37.0 Å². The molecule has 0 N–H and O–H groups in total. The maximum Gasteiger partial charge on any atom is 0.273 e. The van der Waals surface area contributed by atoms with Crippen molar-refractivity contribution in [3.05, 3.63) is 52.3 Å². The number of ether oxygens (including phenoxy) is 1. The molecule has 3 aromatic rings. The molecule has 3 rings (SSSR count). The van der Waals surface area contributed by atoms with Gasteiger partial charge in [-0.25, -0.2) is 17.4 Å². The van der Waals surface area contributed by atoms with Crippen LogP contribution in [-0.2, 0) is 10.0 Å². The maximum atomic E-state index is 13.1. The number of benzene rings is 2. The number of rotatable bonds is 3. The normalized spacial score (nSPS) is 11.8. The number of fused-ring (bicyclic) bond motifs is 1. The standard InChI is InChI=1S/C16H15BrN2O3S/c1-10-6-13-14(7-11(10)2)19(9-18-13)23(20,21)16-8-12(17)4-5-15(16)22-3/h4-9H,1-3H3. The van der Waals surface area contributed by atoms with E-state index in [0.29, 0.717) is 21.3 Å². The van der Waals surface area contributed by atoms with Crippen molar-refractivity contribution in [3.8, 4) is 5.75 Å². The number of imidazole rings is 1. The predicted molar refractivity (Wildman–Crippen MR) is 92.5 cm³/mol. The van der Waals surface area contributed by atoms with Crippen molar-refractivity contribution < 1.29 is 13.2 Å². The minimum Gasteiger partial charge on any atom is -0.495 e. The van der Waals surface area contributed by atoms with Crippen LogP contribution in [-0.4, -0.2) is 24.5 Å². The maximum absolute atomic E-state index is 13.1. The van der Waals surface area contributed by atoms with E-state index >= 15 is 0 Å². The molecule has 0 saturated heterocycles. The van der Waals surface area contributed by atoms with Gasteiger partial charge in [0.05, 0.1) is 18.1 Å². The van der Waals surface area contributed by atoms with Gasteiger partial charge in [-0.05, 0) is 55.3 Å². The van der Waals surface area contributed by atoms with Gasteiger partial charge in [0.2, 0.25) is 0 Å². The predicted octanol–water partition coefficient (Wildman–Crippen LogP) is 3.66. The smallest absolute Gasteiger partial charge is 0.273 e. The van der Waals surface area contributed by atoms with Crippen molar-refractivity contribution in [2.45, 2.75) is 18.7 Å². The highest BCUT2D eigenvalue weighted by Gasteiger charge is 2.24. The average Bonchev–Trinajstić information content (AvgIpc) is 2.91. The fourth-order valence-corrected chi connectivity index (χ4v) is 4.37. The fraction of sp³-hybridized carbons (Fsp3) is 0.188. The van der Waals surface area contributed by atoms with Crippen LogP contribution in [0, 0.1) is 13.8 Å². The molecule has 2 aromatic carbocycles. The molecule has 0 amide bonds. The lowest BCUT2D eigenvalue weighted by Gasteiger charge is -2.11. The summed E-state index contributed by atoms with van der Waals surface area (Å²) < 4.78 is 33.2. The topological polar surface area (TPSA) is 61.2 Å². The third-order valence-electron chi connectivity index (χ3n) is 3.79. The molecule has 1 heterocycles. The van der Waals surface area contributed by atoms with Crippen LogP contribution in [0.15, 0.2) is 46.0 Å². The summed E-state index contributed by atoms with van der Waals surface area (Å²) in [7, 11) is -2.37. The van der Waals surface area contributed by atoms with E-state index in [9.17, 15) is 8.42 Å². The van der Waals surface area contributed by atoms with E-state index in [-0.39, 0.29) is 4.90 Å². The summed E-state index contributed by atoms with van der Waals surface area (Å²) in [6.45, 7) is 3.91. The second-order valence-corrected chi connectivity index (χ2v) is 7.96. The minimum atomic E-state index is -3.82. The summed E-state index contributed by atoms with van der Waals surface area (Å²) in [6.07, 6.45) is 1.33. The highest BCUT2D eigenvalue weighted by atomic mass is 79.9. The van der Waals surface area contributed by atoms with E-state index in [1.807, 2.05) is 26.0 Å². The minimum absolute atomic E-state index is 0.0897. The Balaban J connectivity index is 2.29. The Morgan fingerprint density at radius 2 is 1.83 bits per heavy atom. The van der Waals surface area contributed by atoms with Gasteiger partial charge in [-0.3, -0.25) is 0 Å². The average molecular weight is 395 g/mol. The summed E-state index contributed by atoms with van der Waals surface area (Å²) in [6, 6.07) is 8.60. The first kappa shape index (κ1) is 16.0. The van der Waals surface area contributed by atoms with E-state index in [1.165, 1.54) is 23.5 Å². The molecule has 0 aliphatic heterocycles. The van der Waals surface area contributed by atoms with Crippen LogP contribution in [0.25, 0.3) is 11.0 Å². The third kappa shape index (κ3) is 2.64. The highest BCUT2D eigenvalue weighted by Crippen LogP contribution is 2.31. The zero-order valence-corrected chi connectivity index (χ0v) is 15.3. The van der Waals surface area contributed by atoms with E-state index in [1.54, 1.807) is 12.1 Å². The number of halogens is 1. The van der Waals surface area contributed by atoms with Crippen LogP contribution in [0.3, 0.4) is 0 Å². The first-order valence-corrected chi connectivity index (χ1v) is 9.11. The van der Waals surface area contributed by atoms with Crippen LogP contribution in [0.1, 0.15) is 11.1 Å². The summed E-state index contributed by atoms with van der Waals surface area (Å²) >= 11 is 3.31. The van der Waals surface area contributed by atoms with Gasteiger partial charge in [0.25, 0.3) is 10.0 Å². The number of aryl methyl sites for hydroxylation is 2. The highest BCUT2D eigenvalue weighted by molar-refractivity contribution is 9.10. The van der Waals surface area contributed by atoms with Crippen molar-refractivity contribution in [2.75, 3.05) is 7.11 Å². The van der Waals surface area contributed by atoms with Gasteiger partial charge in [-0.1, -0.05) is 15.9 Å². The Morgan fingerprint density at radius 3 is 2.52 bits per heavy atom. The number of aromatic nitrogens is 2. The van der Waals surface area contributed by atoms with Gasteiger partial charge in [0.1, 0.15) is 17.0 Å². The van der Waals surface area contributed by atoms with Crippen LogP contribution < -0.4 is 4.74 Å². The lowest BCUT2D eigenvalue weighted by molar-refractivity contribution is 0.402. The summed E-state index contributed by atoms with van der Waals surface area (Å²) in [5.74, 6) is 0.291. The van der Waals surface area contributed by atoms with Gasteiger partial charge >= 0.3 is 0 Å². The summed E-state index contributed by atoms with van der Waals surface area (Å²) in [5, 5.41) is 0. The fourth-order valence-electron chi connectivity index (χ4n) is 2.39. The molecule has 0 aliphatic carbocycles. The second kappa shape index (κ2) is 5.65. The molecule has 0 radical (unpaired) electrons. The Hall–Kier alpha value is -1.86. The molecule has 5 nitrogen and oxygen atoms in total. The Kier molecular flexibility index (Phi) is 3.93. The van der Waals surface area contributed by atoms with Crippen molar-refractivity contribution in [1.29, 1.82) is 0 Å². The lowest BCUT2D eigenvalue weighted by Crippen LogP contribution is -2.13. The van der Waals surface area contributed by atoms with Crippen LogP contribution in [0.4, 0.5) is 0 Å². The molecule has 1 aromatic heterocycles. The Labute approximate surface area is 143 Å². The zero-order chi connectivity index (χ0) is 16.8. The monoisotopic (exact) mass is 394 g/mol. The Morgan fingerprint density at radius 1 is 1.13 bits per heavy atom. The third-order valence-corrected chi connectivity index (χ3v) is 5.97. The largest absolute Gasteiger partial charge is 0.495 e.